The molecule has 5 unspecified atom stereocenters. The smallest absolute Gasteiger partial charge is 0.0596 e. The molecule has 4 aliphatic rings. The maximum absolute atomic E-state index is 10.4. The molecule has 0 aliphatic heterocycles. The summed E-state index contributed by atoms with van der Waals surface area (Å²) in [7, 11) is 0. The second-order valence-corrected chi connectivity index (χ2v) is 8.36. The molecule has 1 N–H and O–H groups in total. The molecule has 4 rings (SSSR count). The van der Waals surface area contributed by atoms with Gasteiger partial charge in [-0.2, -0.15) is 0 Å². The molecule has 1 nitrogen and oxygen atoms in total. The highest BCUT2D eigenvalue weighted by Gasteiger charge is 2.56. The van der Waals surface area contributed by atoms with E-state index in [0.717, 1.165) is 36.0 Å². The lowest BCUT2D eigenvalue weighted by atomic mass is 9.50. The van der Waals surface area contributed by atoms with Crippen LogP contribution in [0.25, 0.3) is 0 Å². The molecular formula is C18H30O. The highest BCUT2D eigenvalue weighted by atomic mass is 16.3. The summed E-state index contributed by atoms with van der Waals surface area (Å²) < 4.78 is 0. The lowest BCUT2D eigenvalue weighted by Crippen LogP contribution is -2.48. The molecule has 0 heterocycles. The van der Waals surface area contributed by atoms with Gasteiger partial charge in [0.1, 0.15) is 0 Å². The Hall–Kier alpha value is -0.0400. The second kappa shape index (κ2) is 4.48. The maximum Gasteiger partial charge on any atom is 0.0596 e. The van der Waals surface area contributed by atoms with Gasteiger partial charge in [-0.1, -0.05) is 26.2 Å². The molecule has 0 bridgehead atoms. The zero-order chi connectivity index (χ0) is 13.0. The molecule has 0 aromatic rings. The fourth-order valence-corrected chi connectivity index (χ4v) is 6.80. The summed E-state index contributed by atoms with van der Waals surface area (Å²) in [5.41, 5.74) is 0.280. The van der Waals surface area contributed by atoms with Crippen LogP contribution < -0.4 is 0 Å². The van der Waals surface area contributed by atoms with E-state index in [9.17, 15) is 5.11 Å². The van der Waals surface area contributed by atoms with Crippen molar-refractivity contribution in [2.75, 3.05) is 0 Å². The van der Waals surface area contributed by atoms with Gasteiger partial charge in [0.15, 0.2) is 0 Å². The van der Waals surface area contributed by atoms with E-state index in [1.54, 1.807) is 0 Å². The van der Waals surface area contributed by atoms with Crippen molar-refractivity contribution in [1.82, 2.24) is 0 Å². The van der Waals surface area contributed by atoms with Crippen molar-refractivity contribution in [3.05, 3.63) is 0 Å². The Labute approximate surface area is 118 Å². The summed E-state index contributed by atoms with van der Waals surface area (Å²) in [6, 6.07) is 0. The molecule has 0 aromatic carbocycles. The first-order valence-electron chi connectivity index (χ1n) is 8.88. The molecular weight excluding hydrogens is 232 g/mol. The quantitative estimate of drug-likeness (QED) is 0.686. The predicted octanol–water partition coefficient (Wildman–Crippen LogP) is 4.39. The van der Waals surface area contributed by atoms with Crippen molar-refractivity contribution in [3.63, 3.8) is 0 Å². The molecule has 0 radical (unpaired) electrons. The van der Waals surface area contributed by atoms with Crippen LogP contribution in [0.2, 0.25) is 0 Å². The van der Waals surface area contributed by atoms with Gasteiger partial charge in [-0.05, 0) is 80.0 Å². The highest BCUT2D eigenvalue weighted by molar-refractivity contribution is 5.05. The van der Waals surface area contributed by atoms with Crippen LogP contribution in [0.5, 0.6) is 0 Å². The van der Waals surface area contributed by atoms with E-state index in [-0.39, 0.29) is 11.5 Å². The van der Waals surface area contributed by atoms with Crippen molar-refractivity contribution >= 4 is 0 Å². The van der Waals surface area contributed by atoms with Gasteiger partial charge in [-0.25, -0.2) is 0 Å². The van der Waals surface area contributed by atoms with Crippen molar-refractivity contribution in [2.24, 2.45) is 35.0 Å². The Morgan fingerprint density at radius 2 is 1.63 bits per heavy atom. The summed E-state index contributed by atoms with van der Waals surface area (Å²) in [6.07, 6.45) is 14.2. The fourth-order valence-electron chi connectivity index (χ4n) is 6.80. The van der Waals surface area contributed by atoms with Crippen molar-refractivity contribution in [2.45, 2.75) is 77.2 Å². The van der Waals surface area contributed by atoms with Crippen molar-refractivity contribution in [1.29, 1.82) is 0 Å². The van der Waals surface area contributed by atoms with Crippen LogP contribution in [0.15, 0.2) is 0 Å². The van der Waals surface area contributed by atoms with E-state index in [0.29, 0.717) is 0 Å². The maximum atomic E-state index is 10.4. The molecule has 0 amide bonds. The number of rotatable bonds is 0. The number of aliphatic hydroxyl groups excluding tert-OH is 1. The minimum Gasteiger partial charge on any atom is -0.393 e. The van der Waals surface area contributed by atoms with Gasteiger partial charge < -0.3 is 5.11 Å². The molecule has 7 atom stereocenters. The number of hydrogen-bond acceptors (Lipinski definition) is 1. The molecule has 4 aliphatic carbocycles. The summed E-state index contributed by atoms with van der Waals surface area (Å²) in [6.45, 7) is 2.40. The summed E-state index contributed by atoms with van der Waals surface area (Å²) in [5.74, 6) is 4.99. The molecule has 19 heavy (non-hydrogen) atoms. The Kier molecular flexibility index (Phi) is 2.99. The lowest BCUT2D eigenvalue weighted by Gasteiger charge is -2.55. The van der Waals surface area contributed by atoms with Gasteiger partial charge in [0, 0.05) is 0 Å². The Morgan fingerprint density at radius 1 is 0.789 bits per heavy atom. The fraction of sp³-hybridized carbons (Fsp3) is 1.00. The van der Waals surface area contributed by atoms with Crippen LogP contribution in [0.1, 0.15) is 71.1 Å². The van der Waals surface area contributed by atoms with Gasteiger partial charge >= 0.3 is 0 Å². The number of hydrogen-bond donors (Lipinski definition) is 1. The number of fused-ring (bicyclic) bond motifs is 5. The van der Waals surface area contributed by atoms with Crippen LogP contribution in [0, 0.1) is 35.0 Å². The van der Waals surface area contributed by atoms with Gasteiger partial charge in [-0.15, -0.1) is 0 Å². The average molecular weight is 262 g/mol. The van der Waals surface area contributed by atoms with E-state index in [1.165, 1.54) is 57.8 Å². The van der Waals surface area contributed by atoms with Gasteiger partial charge in [0.25, 0.3) is 0 Å². The monoisotopic (exact) mass is 262 g/mol. The van der Waals surface area contributed by atoms with Crippen LogP contribution in [0.3, 0.4) is 0 Å². The van der Waals surface area contributed by atoms with Crippen LogP contribution in [-0.2, 0) is 0 Å². The lowest BCUT2D eigenvalue weighted by molar-refractivity contribution is -0.0809. The normalized spacial score (nSPS) is 57.2. The minimum atomic E-state index is 0.00234. The molecule has 0 aromatic heterocycles. The molecule has 4 fully saturated rings. The van der Waals surface area contributed by atoms with E-state index >= 15 is 0 Å². The zero-order valence-electron chi connectivity index (χ0n) is 12.5. The standard InChI is InChI=1S/C18H30O/c1-18-11-10-14-13-5-3-2-4-12(13)6-7-15(14)16(18)8-9-17(18)19/h12-17,19H,2-11H2,1H3/t12?,13?,14?,15?,16?,17-,18-/m0/s1. The molecule has 0 spiro atoms. The summed E-state index contributed by atoms with van der Waals surface area (Å²) in [5, 5.41) is 10.4. The molecule has 4 saturated carbocycles. The van der Waals surface area contributed by atoms with Crippen LogP contribution in [0.4, 0.5) is 0 Å². The third kappa shape index (κ3) is 1.76. The van der Waals surface area contributed by atoms with Crippen LogP contribution in [-0.4, -0.2) is 11.2 Å². The first-order chi connectivity index (χ1) is 9.20. The topological polar surface area (TPSA) is 20.2 Å². The highest BCUT2D eigenvalue weighted by Crippen LogP contribution is 2.62. The van der Waals surface area contributed by atoms with Crippen molar-refractivity contribution in [3.8, 4) is 0 Å². The molecule has 1 heteroatoms. The van der Waals surface area contributed by atoms with Gasteiger partial charge in [-0.3, -0.25) is 0 Å². The Bertz CT molecular complexity index is 352. The van der Waals surface area contributed by atoms with Crippen molar-refractivity contribution < 1.29 is 5.11 Å². The first-order valence-corrected chi connectivity index (χ1v) is 8.88. The third-order valence-electron chi connectivity index (χ3n) is 7.83. The van der Waals surface area contributed by atoms with Crippen LogP contribution >= 0.6 is 0 Å². The van der Waals surface area contributed by atoms with E-state index in [4.69, 9.17) is 0 Å². The van der Waals surface area contributed by atoms with E-state index < -0.39 is 0 Å². The zero-order valence-corrected chi connectivity index (χ0v) is 12.5. The SMILES string of the molecule is C[C@]12CCC3C4CCCCC4CCC3C1CC[C@@H]2O. The number of aliphatic hydroxyl groups is 1. The Morgan fingerprint density at radius 3 is 2.53 bits per heavy atom. The van der Waals surface area contributed by atoms with Gasteiger partial charge in [0.2, 0.25) is 0 Å². The third-order valence-corrected chi connectivity index (χ3v) is 7.83. The average Bonchev–Trinajstić information content (AvgIpc) is 2.75. The molecule has 0 saturated heterocycles. The second-order valence-electron chi connectivity index (χ2n) is 8.36. The van der Waals surface area contributed by atoms with E-state index in [2.05, 4.69) is 6.92 Å². The Balaban J connectivity index is 1.59. The predicted molar refractivity (Wildman–Crippen MR) is 77.7 cm³/mol. The van der Waals surface area contributed by atoms with Gasteiger partial charge in [0.05, 0.1) is 6.10 Å². The summed E-state index contributed by atoms with van der Waals surface area (Å²) >= 11 is 0. The van der Waals surface area contributed by atoms with E-state index in [1.807, 2.05) is 0 Å². The molecule has 108 valence electrons. The largest absolute Gasteiger partial charge is 0.393 e. The summed E-state index contributed by atoms with van der Waals surface area (Å²) in [4.78, 5) is 0. The first kappa shape index (κ1) is 12.7. The minimum absolute atomic E-state index is 0.00234.